The number of fused-ring (bicyclic) bond motifs is 1. The number of phenolic OH excluding ortho intramolecular Hbond substituents is 1. The molecule has 0 aliphatic carbocycles. The smallest absolute Gasteiger partial charge is 0.273 e. The van der Waals surface area contributed by atoms with E-state index in [0.717, 1.165) is 27.8 Å². The van der Waals surface area contributed by atoms with E-state index in [1.807, 2.05) is 62.4 Å². The molecule has 1 aliphatic rings. The van der Waals surface area contributed by atoms with Crippen LogP contribution in [-0.4, -0.2) is 26.1 Å². The Kier molecular flexibility index (Phi) is 5.39. The van der Waals surface area contributed by atoms with E-state index in [0.29, 0.717) is 33.5 Å². The average molecular weight is 478 g/mol. The van der Waals surface area contributed by atoms with Crippen LogP contribution in [0.15, 0.2) is 60.7 Å². The molecule has 1 amide bonds. The predicted octanol–water partition coefficient (Wildman–Crippen LogP) is 6.45. The van der Waals surface area contributed by atoms with Gasteiger partial charge in [0.1, 0.15) is 17.1 Å². The van der Waals surface area contributed by atoms with E-state index in [-0.39, 0.29) is 11.7 Å². The highest BCUT2D eigenvalue weighted by Crippen LogP contribution is 2.46. The van der Waals surface area contributed by atoms with Crippen molar-refractivity contribution in [2.45, 2.75) is 26.4 Å². The number of carbonyl (C=O) groups is 1. The molecule has 0 fully saturated rings. The van der Waals surface area contributed by atoms with Gasteiger partial charge in [-0.05, 0) is 60.4 Å². The van der Waals surface area contributed by atoms with Crippen LogP contribution in [0, 0.1) is 13.8 Å². The average Bonchev–Trinajstić information content (AvgIpc) is 3.28. The Hall–Kier alpha value is -3.28. The van der Waals surface area contributed by atoms with Gasteiger partial charge in [0.05, 0.1) is 6.04 Å². The van der Waals surface area contributed by atoms with Gasteiger partial charge in [0.25, 0.3) is 5.91 Å². The van der Waals surface area contributed by atoms with Crippen molar-refractivity contribution >= 4 is 29.1 Å². The largest absolute Gasteiger partial charge is 0.507 e. The fourth-order valence-electron chi connectivity index (χ4n) is 4.64. The van der Waals surface area contributed by atoms with E-state index < -0.39 is 6.04 Å². The van der Waals surface area contributed by atoms with Gasteiger partial charge in [-0.2, -0.15) is 5.10 Å². The van der Waals surface area contributed by atoms with Crippen molar-refractivity contribution in [3.8, 4) is 17.0 Å². The molecule has 33 heavy (non-hydrogen) atoms. The van der Waals surface area contributed by atoms with Gasteiger partial charge < -0.3 is 10.0 Å². The Bertz CT molecular complexity index is 1370. The lowest BCUT2D eigenvalue weighted by Crippen LogP contribution is -2.29. The molecule has 5 nitrogen and oxygen atoms in total. The normalized spacial score (nSPS) is 15.2. The Morgan fingerprint density at radius 1 is 1.06 bits per heavy atom. The van der Waals surface area contributed by atoms with Gasteiger partial charge in [-0.15, -0.1) is 0 Å². The van der Waals surface area contributed by atoms with E-state index in [1.165, 1.54) is 0 Å². The Balaban J connectivity index is 1.71. The van der Waals surface area contributed by atoms with Gasteiger partial charge >= 0.3 is 0 Å². The summed E-state index contributed by atoms with van der Waals surface area (Å²) in [6.07, 6.45) is 0. The molecular weight excluding hydrogens is 457 g/mol. The van der Waals surface area contributed by atoms with Crippen molar-refractivity contribution in [1.82, 2.24) is 15.1 Å². The lowest BCUT2D eigenvalue weighted by Gasteiger charge is -2.27. The molecule has 3 aromatic carbocycles. The zero-order valence-corrected chi connectivity index (χ0v) is 19.6. The van der Waals surface area contributed by atoms with Crippen LogP contribution in [0.3, 0.4) is 0 Å². The number of hydrogen-bond donors (Lipinski definition) is 2. The summed E-state index contributed by atoms with van der Waals surface area (Å²) in [6.45, 7) is 4.17. The number of phenols is 1. The first-order chi connectivity index (χ1) is 15.8. The number of aryl methyl sites for hydroxylation is 2. The highest BCUT2D eigenvalue weighted by atomic mass is 35.5. The molecule has 2 N–H and O–H groups in total. The number of nitrogens with one attached hydrogen (secondary N) is 1. The molecule has 1 aromatic heterocycles. The van der Waals surface area contributed by atoms with Gasteiger partial charge in [-0.1, -0.05) is 59.6 Å². The molecule has 4 aromatic rings. The molecule has 1 aliphatic heterocycles. The molecule has 0 spiro atoms. The monoisotopic (exact) mass is 477 g/mol. The minimum Gasteiger partial charge on any atom is -0.507 e. The van der Waals surface area contributed by atoms with E-state index in [9.17, 15) is 9.90 Å². The maximum absolute atomic E-state index is 13.6. The number of rotatable bonds is 4. The maximum atomic E-state index is 13.6. The second-order valence-corrected chi connectivity index (χ2v) is 9.16. The van der Waals surface area contributed by atoms with Crippen LogP contribution in [0.4, 0.5) is 0 Å². The maximum Gasteiger partial charge on any atom is 0.273 e. The van der Waals surface area contributed by atoms with Crippen molar-refractivity contribution in [2.75, 3.05) is 0 Å². The number of aromatic hydroxyl groups is 1. The van der Waals surface area contributed by atoms with Gasteiger partial charge in [0.2, 0.25) is 0 Å². The first-order valence-electron chi connectivity index (χ1n) is 10.5. The first kappa shape index (κ1) is 21.6. The lowest BCUT2D eigenvalue weighted by molar-refractivity contribution is 0.0730. The third kappa shape index (κ3) is 3.67. The predicted molar refractivity (Wildman–Crippen MR) is 130 cm³/mol. The summed E-state index contributed by atoms with van der Waals surface area (Å²) in [5, 5.41) is 19.4. The summed E-state index contributed by atoms with van der Waals surface area (Å²) in [7, 11) is 0. The number of aromatic nitrogens is 2. The van der Waals surface area contributed by atoms with Gasteiger partial charge in [-0.3, -0.25) is 9.89 Å². The summed E-state index contributed by atoms with van der Waals surface area (Å²) in [5.41, 5.74) is 5.81. The van der Waals surface area contributed by atoms with Crippen LogP contribution in [0.25, 0.3) is 11.3 Å². The van der Waals surface area contributed by atoms with E-state index >= 15 is 0 Å². The first-order valence-corrected chi connectivity index (χ1v) is 11.3. The van der Waals surface area contributed by atoms with E-state index in [2.05, 4.69) is 10.2 Å². The number of aromatic amines is 1. The van der Waals surface area contributed by atoms with E-state index in [1.54, 1.807) is 17.0 Å². The zero-order valence-electron chi connectivity index (χ0n) is 18.1. The Morgan fingerprint density at radius 3 is 2.58 bits per heavy atom. The molecule has 7 heteroatoms. The summed E-state index contributed by atoms with van der Waals surface area (Å²) in [6, 6.07) is 18.2. The summed E-state index contributed by atoms with van der Waals surface area (Å²) >= 11 is 12.8. The number of H-pyrrole nitrogens is 1. The zero-order chi connectivity index (χ0) is 23.3. The number of hydrogen-bond acceptors (Lipinski definition) is 3. The highest BCUT2D eigenvalue weighted by molar-refractivity contribution is 6.31. The molecule has 1 unspecified atom stereocenters. The standard InChI is InChI=1S/C26H21Cl2N3O2/c1-14-10-15(2)21(20(32)11-14)23-22-24(30-29-23)26(33)31(13-17-6-3-4-9-19(17)28)25(22)16-7-5-8-18(27)12-16/h3-12,25,32H,13H2,1-2H3,(H,29,30). The quantitative estimate of drug-likeness (QED) is 0.354. The van der Waals surface area contributed by atoms with E-state index in [4.69, 9.17) is 23.2 Å². The molecule has 0 radical (unpaired) electrons. The third-order valence-corrected chi connectivity index (χ3v) is 6.63. The molecule has 1 atom stereocenters. The molecule has 0 saturated carbocycles. The number of carbonyl (C=O) groups excluding carboxylic acids is 1. The SMILES string of the molecule is Cc1cc(C)c(-c2n[nH]c3c2C(c2cccc(Cl)c2)N(Cc2ccccc2Cl)C3=O)c(O)c1. The van der Waals surface area contributed by atoms with Gasteiger partial charge in [0, 0.05) is 27.7 Å². The van der Waals surface area contributed by atoms with Crippen molar-refractivity contribution in [2.24, 2.45) is 0 Å². The van der Waals surface area contributed by atoms with Crippen molar-refractivity contribution in [3.05, 3.63) is 104 Å². The van der Waals surface area contributed by atoms with Crippen molar-refractivity contribution < 1.29 is 9.90 Å². The van der Waals surface area contributed by atoms with Gasteiger partial charge in [-0.25, -0.2) is 0 Å². The fourth-order valence-corrected chi connectivity index (χ4v) is 5.03. The topological polar surface area (TPSA) is 69.2 Å². The second kappa shape index (κ2) is 8.25. The number of nitrogens with zero attached hydrogens (tertiary/aromatic N) is 2. The van der Waals surface area contributed by atoms with Crippen LogP contribution in [0.2, 0.25) is 10.0 Å². The van der Waals surface area contributed by atoms with Crippen LogP contribution < -0.4 is 0 Å². The molecule has 0 saturated heterocycles. The number of amides is 1. The Morgan fingerprint density at radius 2 is 1.85 bits per heavy atom. The summed E-state index contributed by atoms with van der Waals surface area (Å²) < 4.78 is 0. The van der Waals surface area contributed by atoms with Crippen LogP contribution >= 0.6 is 23.2 Å². The van der Waals surface area contributed by atoms with Crippen LogP contribution in [0.1, 0.15) is 44.3 Å². The third-order valence-electron chi connectivity index (χ3n) is 6.02. The summed E-state index contributed by atoms with van der Waals surface area (Å²) in [5.74, 6) is -0.0541. The summed E-state index contributed by atoms with van der Waals surface area (Å²) in [4.78, 5) is 15.3. The minimum atomic E-state index is -0.448. The second-order valence-electron chi connectivity index (χ2n) is 8.32. The molecule has 166 valence electrons. The van der Waals surface area contributed by atoms with Crippen molar-refractivity contribution in [3.63, 3.8) is 0 Å². The van der Waals surface area contributed by atoms with Crippen LogP contribution in [0.5, 0.6) is 5.75 Å². The molecular formula is C26H21Cl2N3O2. The Labute approximate surface area is 201 Å². The van der Waals surface area contributed by atoms with Gasteiger partial charge in [0.15, 0.2) is 0 Å². The molecule has 2 heterocycles. The van der Waals surface area contributed by atoms with Crippen LogP contribution in [-0.2, 0) is 6.54 Å². The van der Waals surface area contributed by atoms with Crippen molar-refractivity contribution in [1.29, 1.82) is 0 Å². The minimum absolute atomic E-state index is 0.128. The molecule has 5 rings (SSSR count). The number of benzene rings is 3. The number of halogens is 2. The lowest BCUT2D eigenvalue weighted by atomic mass is 9.93. The molecule has 0 bridgehead atoms. The fraction of sp³-hybridized carbons (Fsp3) is 0.154. The highest BCUT2D eigenvalue weighted by Gasteiger charge is 2.43.